The minimum Gasteiger partial charge on any atom is -0.462 e. The molecule has 2 rings (SSSR count). The number of hydrogen-bond donors (Lipinski definition) is 0. The highest BCUT2D eigenvalue weighted by Gasteiger charge is 2.33. The fourth-order valence-corrected chi connectivity index (χ4v) is 3.17. The van der Waals surface area contributed by atoms with Crippen LogP contribution >= 0.6 is 11.3 Å². The van der Waals surface area contributed by atoms with Crippen LogP contribution in [0.1, 0.15) is 29.3 Å². The van der Waals surface area contributed by atoms with E-state index in [1.807, 2.05) is 12.3 Å². The minimum absolute atomic E-state index is 0.0321. The first-order chi connectivity index (χ1) is 9.08. The Morgan fingerprint density at radius 1 is 1.68 bits per heavy atom. The molecule has 4 nitrogen and oxygen atoms in total. The van der Waals surface area contributed by atoms with Gasteiger partial charge in [0.05, 0.1) is 12.2 Å². The van der Waals surface area contributed by atoms with Crippen molar-refractivity contribution in [3.63, 3.8) is 0 Å². The summed E-state index contributed by atoms with van der Waals surface area (Å²) in [7, 11) is 0. The average molecular weight is 277 g/mol. The topological polar surface area (TPSA) is 46.6 Å². The first kappa shape index (κ1) is 13.6. The van der Waals surface area contributed by atoms with E-state index in [-0.39, 0.29) is 17.8 Å². The van der Waals surface area contributed by atoms with E-state index in [1.165, 1.54) is 11.3 Å². The molecule has 1 aromatic heterocycles. The number of nitrogens with zero attached hydrogens (tertiary/aromatic N) is 1. The molecule has 0 N–H and O–H groups in total. The molecule has 1 fully saturated rings. The predicted molar refractivity (Wildman–Crippen MR) is 74.3 cm³/mol. The molecule has 5 heteroatoms. The Morgan fingerprint density at radius 3 is 3.00 bits per heavy atom. The van der Waals surface area contributed by atoms with Gasteiger partial charge in [0.25, 0.3) is 0 Å². The van der Waals surface area contributed by atoms with Gasteiger partial charge in [-0.05, 0) is 24.8 Å². The number of esters is 1. The van der Waals surface area contributed by atoms with Gasteiger partial charge in [-0.2, -0.15) is 0 Å². The maximum Gasteiger partial charge on any atom is 0.341 e. The molecule has 0 spiro atoms. The Labute approximate surface area is 116 Å². The molecule has 1 aliphatic rings. The largest absolute Gasteiger partial charge is 0.462 e. The monoisotopic (exact) mass is 277 g/mol. The van der Waals surface area contributed by atoms with E-state index in [4.69, 9.17) is 11.2 Å². The lowest BCUT2D eigenvalue weighted by atomic mass is 10.1. The summed E-state index contributed by atoms with van der Waals surface area (Å²) in [6.45, 7) is 4.39. The summed E-state index contributed by atoms with van der Waals surface area (Å²) in [5.41, 5.74) is 1.31. The van der Waals surface area contributed by atoms with E-state index in [0.717, 1.165) is 5.56 Å². The van der Waals surface area contributed by atoms with E-state index in [9.17, 15) is 9.59 Å². The van der Waals surface area contributed by atoms with Crippen molar-refractivity contribution in [3.05, 3.63) is 16.5 Å². The zero-order chi connectivity index (χ0) is 14.0. The molecule has 1 amide bonds. The van der Waals surface area contributed by atoms with E-state index in [2.05, 4.69) is 5.92 Å². The third-order valence-electron chi connectivity index (χ3n) is 3.04. The Balaban J connectivity index is 2.34. The molecule has 1 atom stereocenters. The van der Waals surface area contributed by atoms with Crippen molar-refractivity contribution < 1.29 is 14.3 Å². The van der Waals surface area contributed by atoms with Gasteiger partial charge in [-0.3, -0.25) is 4.79 Å². The standard InChI is InChI=1S/C14H15NO3S/c1-4-10-6-11(16)15(7-10)13-12(9(3)8-19-13)14(17)18-5-2/h1,8,10H,5-7H2,2-3H3. The second-order valence-electron chi connectivity index (χ2n) is 4.39. The zero-order valence-corrected chi connectivity index (χ0v) is 11.8. The Bertz CT molecular complexity index is 556. The van der Waals surface area contributed by atoms with Crippen LogP contribution in [0.4, 0.5) is 5.00 Å². The van der Waals surface area contributed by atoms with Gasteiger partial charge < -0.3 is 9.64 Å². The maximum atomic E-state index is 12.0. The van der Waals surface area contributed by atoms with Gasteiger partial charge in [0.2, 0.25) is 5.91 Å². The third kappa shape index (κ3) is 2.49. The summed E-state index contributed by atoms with van der Waals surface area (Å²) >= 11 is 1.38. The number of hydrogen-bond acceptors (Lipinski definition) is 4. The highest BCUT2D eigenvalue weighted by molar-refractivity contribution is 7.15. The van der Waals surface area contributed by atoms with E-state index >= 15 is 0 Å². The summed E-state index contributed by atoms with van der Waals surface area (Å²) in [5.74, 6) is 2.11. The van der Waals surface area contributed by atoms with Crippen LogP contribution in [0.25, 0.3) is 0 Å². The predicted octanol–water partition coefficient (Wildman–Crippen LogP) is 2.22. The fraction of sp³-hybridized carbons (Fsp3) is 0.429. The van der Waals surface area contributed by atoms with Gasteiger partial charge in [0.15, 0.2) is 0 Å². The smallest absolute Gasteiger partial charge is 0.341 e. The van der Waals surface area contributed by atoms with Gasteiger partial charge in [-0.1, -0.05) is 0 Å². The summed E-state index contributed by atoms with van der Waals surface area (Å²) < 4.78 is 5.05. The average Bonchev–Trinajstić information content (AvgIpc) is 2.92. The summed E-state index contributed by atoms with van der Waals surface area (Å²) in [5, 5.41) is 2.51. The number of thiophene rings is 1. The molecule has 1 saturated heterocycles. The van der Waals surface area contributed by atoms with Crippen LogP contribution in [0.5, 0.6) is 0 Å². The van der Waals surface area contributed by atoms with Gasteiger partial charge in [0, 0.05) is 18.9 Å². The molecule has 0 aromatic carbocycles. The summed E-state index contributed by atoms with van der Waals surface area (Å²) in [4.78, 5) is 25.5. The number of rotatable bonds is 3. The lowest BCUT2D eigenvalue weighted by Gasteiger charge is -2.15. The van der Waals surface area contributed by atoms with Crippen molar-refractivity contribution >= 4 is 28.2 Å². The van der Waals surface area contributed by atoms with Crippen molar-refractivity contribution in [2.75, 3.05) is 18.1 Å². The second kappa shape index (κ2) is 5.45. The molecule has 2 heterocycles. The van der Waals surface area contributed by atoms with Crippen molar-refractivity contribution in [1.82, 2.24) is 0 Å². The second-order valence-corrected chi connectivity index (χ2v) is 5.25. The molecule has 0 radical (unpaired) electrons. The minimum atomic E-state index is -0.381. The van der Waals surface area contributed by atoms with Crippen molar-refractivity contribution in [2.24, 2.45) is 5.92 Å². The van der Waals surface area contributed by atoms with Gasteiger partial charge >= 0.3 is 5.97 Å². The van der Waals surface area contributed by atoms with Crippen LogP contribution < -0.4 is 4.90 Å². The molecule has 0 bridgehead atoms. The van der Waals surface area contributed by atoms with Gasteiger partial charge in [-0.25, -0.2) is 4.79 Å². The Morgan fingerprint density at radius 2 is 2.42 bits per heavy atom. The lowest BCUT2D eigenvalue weighted by Crippen LogP contribution is -2.25. The van der Waals surface area contributed by atoms with Crippen LogP contribution in [-0.2, 0) is 9.53 Å². The van der Waals surface area contributed by atoms with Crippen molar-refractivity contribution in [3.8, 4) is 12.3 Å². The summed E-state index contributed by atoms with van der Waals surface area (Å²) in [6.07, 6.45) is 5.71. The first-order valence-corrected chi connectivity index (χ1v) is 6.98. The normalized spacial score (nSPS) is 18.5. The number of anilines is 1. The van der Waals surface area contributed by atoms with Crippen LogP contribution in [-0.4, -0.2) is 25.0 Å². The van der Waals surface area contributed by atoms with Crippen LogP contribution in [0, 0.1) is 25.2 Å². The van der Waals surface area contributed by atoms with E-state index in [0.29, 0.717) is 30.1 Å². The highest BCUT2D eigenvalue weighted by Crippen LogP contribution is 2.35. The lowest BCUT2D eigenvalue weighted by molar-refractivity contribution is -0.117. The number of terminal acetylenes is 1. The zero-order valence-electron chi connectivity index (χ0n) is 10.9. The van der Waals surface area contributed by atoms with E-state index < -0.39 is 0 Å². The number of amides is 1. The van der Waals surface area contributed by atoms with Gasteiger partial charge in [-0.15, -0.1) is 23.7 Å². The van der Waals surface area contributed by atoms with Crippen LogP contribution in [0.2, 0.25) is 0 Å². The third-order valence-corrected chi connectivity index (χ3v) is 4.16. The molecule has 1 unspecified atom stereocenters. The molecule has 1 aromatic rings. The van der Waals surface area contributed by atoms with Crippen molar-refractivity contribution in [1.29, 1.82) is 0 Å². The van der Waals surface area contributed by atoms with Crippen LogP contribution in [0.15, 0.2) is 5.38 Å². The SMILES string of the molecule is C#CC1CC(=O)N(c2scc(C)c2C(=O)OCC)C1. The van der Waals surface area contributed by atoms with Gasteiger partial charge in [0.1, 0.15) is 5.00 Å². The molecular weight excluding hydrogens is 262 g/mol. The highest BCUT2D eigenvalue weighted by atomic mass is 32.1. The van der Waals surface area contributed by atoms with Crippen molar-refractivity contribution in [2.45, 2.75) is 20.3 Å². The maximum absolute atomic E-state index is 12.0. The molecule has 1 aliphatic heterocycles. The fourth-order valence-electron chi connectivity index (χ4n) is 2.10. The molecule has 100 valence electrons. The number of ether oxygens (including phenoxy) is 1. The number of carbonyl (C=O) groups is 2. The van der Waals surface area contributed by atoms with Crippen LogP contribution in [0.3, 0.4) is 0 Å². The Kier molecular flexibility index (Phi) is 3.91. The van der Waals surface area contributed by atoms with E-state index in [1.54, 1.807) is 11.8 Å². The Hall–Kier alpha value is -1.80. The number of aryl methyl sites for hydroxylation is 1. The molecule has 0 saturated carbocycles. The molecule has 19 heavy (non-hydrogen) atoms. The summed E-state index contributed by atoms with van der Waals surface area (Å²) in [6, 6.07) is 0. The number of carbonyl (C=O) groups excluding carboxylic acids is 2. The molecular formula is C14H15NO3S. The molecule has 0 aliphatic carbocycles. The quantitative estimate of drug-likeness (QED) is 0.628. The first-order valence-electron chi connectivity index (χ1n) is 6.10.